The van der Waals surface area contributed by atoms with Gasteiger partial charge in [-0.2, -0.15) is 4.98 Å². The standard InChI is InChI=1S/C17H17Cl2N5OS/c1-9-6-10(2)24-16(20-9)22-17(23-24)26-8-15(25)21-11(3)13-5-4-12(18)7-14(13)19/h4-7,11H,8H2,1-3H3,(H,21,25)/t11-/m1/s1. The molecule has 1 N–H and O–H groups in total. The Balaban J connectivity index is 1.63. The number of hydrogen-bond acceptors (Lipinski definition) is 5. The van der Waals surface area contributed by atoms with Crippen LogP contribution in [0.4, 0.5) is 0 Å². The monoisotopic (exact) mass is 409 g/mol. The third kappa shape index (κ3) is 4.28. The highest BCUT2D eigenvalue weighted by Crippen LogP contribution is 2.26. The lowest BCUT2D eigenvalue weighted by molar-refractivity contribution is -0.119. The summed E-state index contributed by atoms with van der Waals surface area (Å²) in [7, 11) is 0. The third-order valence-corrected chi connectivity index (χ3v) is 5.14. The molecule has 3 rings (SSSR count). The topological polar surface area (TPSA) is 72.2 Å². The number of benzene rings is 1. The molecule has 0 saturated heterocycles. The van der Waals surface area contributed by atoms with E-state index in [4.69, 9.17) is 23.2 Å². The molecule has 6 nitrogen and oxygen atoms in total. The van der Waals surface area contributed by atoms with Crippen LogP contribution in [0.1, 0.15) is 29.9 Å². The molecule has 0 aliphatic heterocycles. The van der Waals surface area contributed by atoms with Crippen molar-refractivity contribution in [1.82, 2.24) is 24.9 Å². The molecule has 2 heterocycles. The van der Waals surface area contributed by atoms with Crippen molar-refractivity contribution in [1.29, 1.82) is 0 Å². The van der Waals surface area contributed by atoms with Crippen LogP contribution >= 0.6 is 35.0 Å². The lowest BCUT2D eigenvalue weighted by Crippen LogP contribution is -2.28. The lowest BCUT2D eigenvalue weighted by atomic mass is 10.1. The highest BCUT2D eigenvalue weighted by atomic mass is 35.5. The molecule has 1 aromatic carbocycles. The number of carbonyl (C=O) groups excluding carboxylic acids is 1. The van der Waals surface area contributed by atoms with Gasteiger partial charge in [-0.05, 0) is 44.5 Å². The summed E-state index contributed by atoms with van der Waals surface area (Å²) in [5, 5.41) is 8.89. The summed E-state index contributed by atoms with van der Waals surface area (Å²) in [5.74, 6) is 0.602. The number of aryl methyl sites for hydroxylation is 2. The molecule has 0 radical (unpaired) electrons. The summed E-state index contributed by atoms with van der Waals surface area (Å²) in [5.41, 5.74) is 2.64. The van der Waals surface area contributed by atoms with E-state index in [0.717, 1.165) is 17.0 Å². The van der Waals surface area contributed by atoms with Crippen molar-refractivity contribution in [3.63, 3.8) is 0 Å². The molecule has 9 heteroatoms. The fourth-order valence-electron chi connectivity index (χ4n) is 2.55. The second kappa shape index (κ2) is 7.82. The van der Waals surface area contributed by atoms with Gasteiger partial charge in [0.05, 0.1) is 11.8 Å². The number of rotatable bonds is 5. The van der Waals surface area contributed by atoms with Gasteiger partial charge in [0.1, 0.15) is 0 Å². The number of carbonyl (C=O) groups is 1. The molecule has 0 saturated carbocycles. The van der Waals surface area contributed by atoms with E-state index in [1.165, 1.54) is 11.8 Å². The van der Waals surface area contributed by atoms with E-state index in [-0.39, 0.29) is 17.7 Å². The van der Waals surface area contributed by atoms with Crippen molar-refractivity contribution < 1.29 is 4.79 Å². The maximum Gasteiger partial charge on any atom is 0.253 e. The molecule has 0 bridgehead atoms. The minimum absolute atomic E-state index is 0.131. The molecular formula is C17H17Cl2N5OS. The first-order valence-electron chi connectivity index (χ1n) is 7.91. The molecule has 0 unspecified atom stereocenters. The Kier molecular flexibility index (Phi) is 5.70. The predicted molar refractivity (Wildman–Crippen MR) is 104 cm³/mol. The minimum atomic E-state index is -0.228. The summed E-state index contributed by atoms with van der Waals surface area (Å²) < 4.78 is 1.67. The van der Waals surface area contributed by atoms with Gasteiger partial charge in [-0.3, -0.25) is 4.79 Å². The zero-order valence-corrected chi connectivity index (χ0v) is 16.8. The number of amides is 1. The molecule has 0 fully saturated rings. The van der Waals surface area contributed by atoms with Crippen molar-refractivity contribution in [2.24, 2.45) is 0 Å². The fraction of sp³-hybridized carbons (Fsp3) is 0.294. The van der Waals surface area contributed by atoms with E-state index in [2.05, 4.69) is 20.4 Å². The smallest absolute Gasteiger partial charge is 0.253 e. The Morgan fingerprint density at radius 3 is 2.77 bits per heavy atom. The first-order valence-corrected chi connectivity index (χ1v) is 9.66. The first-order chi connectivity index (χ1) is 12.3. The van der Waals surface area contributed by atoms with Crippen molar-refractivity contribution in [3.8, 4) is 0 Å². The fourth-order valence-corrected chi connectivity index (χ4v) is 3.75. The van der Waals surface area contributed by atoms with Gasteiger partial charge < -0.3 is 5.32 Å². The molecule has 2 aromatic heterocycles. The van der Waals surface area contributed by atoms with Gasteiger partial charge >= 0.3 is 0 Å². The van der Waals surface area contributed by atoms with Crippen molar-refractivity contribution >= 4 is 46.6 Å². The van der Waals surface area contributed by atoms with E-state index < -0.39 is 0 Å². The largest absolute Gasteiger partial charge is 0.349 e. The van der Waals surface area contributed by atoms with Crippen LogP contribution in [-0.4, -0.2) is 31.2 Å². The molecule has 0 spiro atoms. The van der Waals surface area contributed by atoms with Crippen LogP contribution < -0.4 is 5.32 Å². The van der Waals surface area contributed by atoms with Crippen molar-refractivity contribution in [2.75, 3.05) is 5.75 Å². The maximum absolute atomic E-state index is 12.2. The zero-order valence-electron chi connectivity index (χ0n) is 14.5. The quantitative estimate of drug-likeness (QED) is 0.644. The number of fused-ring (bicyclic) bond motifs is 1. The zero-order chi connectivity index (χ0) is 18.8. The van der Waals surface area contributed by atoms with Gasteiger partial charge in [0.15, 0.2) is 0 Å². The number of nitrogens with zero attached hydrogens (tertiary/aromatic N) is 4. The molecule has 136 valence electrons. The third-order valence-electron chi connectivity index (χ3n) is 3.74. The Bertz CT molecular complexity index is 975. The number of aromatic nitrogens is 4. The summed E-state index contributed by atoms with van der Waals surface area (Å²) in [6.07, 6.45) is 0. The summed E-state index contributed by atoms with van der Waals surface area (Å²) >= 11 is 13.3. The SMILES string of the molecule is Cc1cc(C)n2nc(SCC(=O)N[C@H](C)c3ccc(Cl)cc3Cl)nc2n1. The average molecular weight is 410 g/mol. The van der Waals surface area contributed by atoms with Crippen LogP contribution in [0.5, 0.6) is 0 Å². The lowest BCUT2D eigenvalue weighted by Gasteiger charge is -2.15. The van der Waals surface area contributed by atoms with Gasteiger partial charge in [0.2, 0.25) is 11.1 Å². The minimum Gasteiger partial charge on any atom is -0.349 e. The van der Waals surface area contributed by atoms with E-state index in [9.17, 15) is 4.79 Å². The molecule has 0 aliphatic rings. The highest BCUT2D eigenvalue weighted by molar-refractivity contribution is 7.99. The highest BCUT2D eigenvalue weighted by Gasteiger charge is 2.15. The maximum atomic E-state index is 12.2. The summed E-state index contributed by atoms with van der Waals surface area (Å²) in [6.45, 7) is 5.72. The number of thioether (sulfide) groups is 1. The van der Waals surface area contributed by atoms with Crippen LogP contribution in [0, 0.1) is 13.8 Å². The van der Waals surface area contributed by atoms with Gasteiger partial charge in [-0.1, -0.05) is 41.0 Å². The normalized spacial score (nSPS) is 12.3. The van der Waals surface area contributed by atoms with Gasteiger partial charge in [0, 0.05) is 21.4 Å². The second-order valence-electron chi connectivity index (χ2n) is 5.89. The van der Waals surface area contributed by atoms with Gasteiger partial charge in [-0.15, -0.1) is 5.10 Å². The number of hydrogen-bond donors (Lipinski definition) is 1. The Morgan fingerprint density at radius 2 is 2.04 bits per heavy atom. The van der Waals surface area contributed by atoms with Crippen LogP contribution in [0.25, 0.3) is 5.78 Å². The number of nitrogens with one attached hydrogen (secondary N) is 1. The van der Waals surface area contributed by atoms with Crippen LogP contribution in [-0.2, 0) is 4.79 Å². The van der Waals surface area contributed by atoms with Crippen LogP contribution in [0.3, 0.4) is 0 Å². The molecule has 26 heavy (non-hydrogen) atoms. The molecule has 3 aromatic rings. The Hall–Kier alpha value is -1.83. The van der Waals surface area contributed by atoms with E-state index in [1.54, 1.807) is 16.6 Å². The van der Waals surface area contributed by atoms with Crippen LogP contribution in [0.15, 0.2) is 29.4 Å². The average Bonchev–Trinajstić information content (AvgIpc) is 2.96. The Labute approximate surface area is 165 Å². The molecule has 1 atom stereocenters. The van der Waals surface area contributed by atoms with E-state index >= 15 is 0 Å². The first kappa shape index (κ1) is 18.9. The van der Waals surface area contributed by atoms with Crippen LogP contribution in [0.2, 0.25) is 10.0 Å². The van der Waals surface area contributed by atoms with Gasteiger partial charge in [-0.25, -0.2) is 9.50 Å². The summed E-state index contributed by atoms with van der Waals surface area (Å²) in [4.78, 5) is 20.9. The molecule has 0 aliphatic carbocycles. The van der Waals surface area contributed by atoms with Crippen molar-refractivity contribution in [3.05, 3.63) is 51.3 Å². The molecule has 1 amide bonds. The predicted octanol–water partition coefficient (Wildman–Crippen LogP) is 4.02. The van der Waals surface area contributed by atoms with E-state index in [0.29, 0.717) is 21.0 Å². The van der Waals surface area contributed by atoms with E-state index in [1.807, 2.05) is 32.9 Å². The van der Waals surface area contributed by atoms with Crippen molar-refractivity contribution in [2.45, 2.75) is 32.0 Å². The summed E-state index contributed by atoms with van der Waals surface area (Å²) in [6, 6.07) is 6.92. The second-order valence-corrected chi connectivity index (χ2v) is 7.67. The number of halogens is 2. The van der Waals surface area contributed by atoms with Gasteiger partial charge in [0.25, 0.3) is 5.78 Å². The molecular weight excluding hydrogens is 393 g/mol. The Morgan fingerprint density at radius 1 is 1.27 bits per heavy atom.